The van der Waals surface area contributed by atoms with Crippen molar-refractivity contribution in [2.45, 2.75) is 37.1 Å². The van der Waals surface area contributed by atoms with Gasteiger partial charge in [-0.2, -0.15) is 0 Å². The molecule has 4 nitrogen and oxygen atoms in total. The van der Waals surface area contributed by atoms with Crippen molar-refractivity contribution in [2.75, 3.05) is 24.6 Å². The molecular weight excluding hydrogens is 260 g/mol. The molecule has 5 heteroatoms. The Kier molecular flexibility index (Phi) is 4.47. The van der Waals surface area contributed by atoms with Gasteiger partial charge in [-0.25, -0.2) is 8.42 Å². The van der Waals surface area contributed by atoms with Crippen LogP contribution in [0.25, 0.3) is 0 Å². The summed E-state index contributed by atoms with van der Waals surface area (Å²) >= 11 is 0. The van der Waals surface area contributed by atoms with Gasteiger partial charge in [-0.15, -0.1) is 0 Å². The molecule has 1 aliphatic heterocycles. The number of likely N-dealkylation sites (tertiary alicyclic amines) is 1. The van der Waals surface area contributed by atoms with Crippen molar-refractivity contribution >= 4 is 15.5 Å². The first-order valence-corrected chi connectivity index (χ1v) is 8.46. The summed E-state index contributed by atoms with van der Waals surface area (Å²) in [4.78, 5) is 2.64. The van der Waals surface area contributed by atoms with Crippen LogP contribution in [0, 0.1) is 0 Å². The van der Waals surface area contributed by atoms with E-state index in [0.717, 1.165) is 13.1 Å². The van der Waals surface area contributed by atoms with Crippen LogP contribution in [0.5, 0.6) is 0 Å². The highest BCUT2D eigenvalue weighted by molar-refractivity contribution is 7.91. The van der Waals surface area contributed by atoms with Crippen LogP contribution in [0.3, 0.4) is 0 Å². The quantitative estimate of drug-likeness (QED) is 0.857. The Labute approximate surface area is 115 Å². The second-order valence-corrected chi connectivity index (χ2v) is 7.33. The van der Waals surface area contributed by atoms with Crippen LogP contribution in [0.15, 0.2) is 29.2 Å². The molecule has 1 heterocycles. The van der Waals surface area contributed by atoms with Gasteiger partial charge in [0.1, 0.15) is 0 Å². The van der Waals surface area contributed by atoms with Crippen LogP contribution in [-0.4, -0.2) is 38.2 Å². The predicted octanol–water partition coefficient (Wildman–Crippen LogP) is 1.92. The monoisotopic (exact) mass is 282 g/mol. The zero-order valence-electron chi connectivity index (χ0n) is 11.4. The summed E-state index contributed by atoms with van der Waals surface area (Å²) in [6, 6.07) is 6.53. The first kappa shape index (κ1) is 14.3. The molecule has 0 spiro atoms. The van der Waals surface area contributed by atoms with Crippen LogP contribution in [0.1, 0.15) is 26.2 Å². The number of piperidine rings is 1. The van der Waals surface area contributed by atoms with Gasteiger partial charge in [0, 0.05) is 11.7 Å². The van der Waals surface area contributed by atoms with Gasteiger partial charge >= 0.3 is 0 Å². The Hall–Kier alpha value is -1.07. The lowest BCUT2D eigenvalue weighted by atomic mass is 10.1. The third kappa shape index (κ3) is 3.70. The second kappa shape index (κ2) is 5.92. The Balaban J connectivity index is 2.05. The normalized spacial score (nSPS) is 19.2. The largest absolute Gasteiger partial charge is 0.399 e. The van der Waals surface area contributed by atoms with E-state index in [1.54, 1.807) is 24.3 Å². The fraction of sp³-hybridized carbons (Fsp3) is 0.571. The van der Waals surface area contributed by atoms with E-state index in [1.807, 2.05) is 6.92 Å². The number of nitrogens with two attached hydrogens (primary N) is 1. The molecule has 1 saturated heterocycles. The first-order chi connectivity index (χ1) is 8.99. The Morgan fingerprint density at radius 1 is 1.16 bits per heavy atom. The summed E-state index contributed by atoms with van der Waals surface area (Å²) in [7, 11) is -3.22. The summed E-state index contributed by atoms with van der Waals surface area (Å²) in [5, 5.41) is 0. The van der Waals surface area contributed by atoms with Crippen molar-refractivity contribution in [1.29, 1.82) is 0 Å². The van der Waals surface area contributed by atoms with E-state index in [9.17, 15) is 8.42 Å². The molecule has 0 saturated carbocycles. The molecule has 1 aliphatic rings. The third-order valence-corrected chi connectivity index (χ3v) is 5.63. The third-order valence-electron chi connectivity index (χ3n) is 3.71. The number of nitrogen functional groups attached to an aromatic ring is 1. The van der Waals surface area contributed by atoms with E-state index in [0.29, 0.717) is 10.6 Å². The molecule has 1 aromatic rings. The zero-order chi connectivity index (χ0) is 13.9. The van der Waals surface area contributed by atoms with Crippen LogP contribution in [0.2, 0.25) is 0 Å². The van der Waals surface area contributed by atoms with Crippen LogP contribution in [0.4, 0.5) is 5.69 Å². The summed E-state index contributed by atoms with van der Waals surface area (Å²) in [6.45, 7) is 4.02. The minimum Gasteiger partial charge on any atom is -0.399 e. The molecule has 2 N–H and O–H groups in total. The van der Waals surface area contributed by atoms with Gasteiger partial charge in [0.25, 0.3) is 0 Å². The molecule has 1 unspecified atom stereocenters. The fourth-order valence-electron chi connectivity index (χ4n) is 2.55. The maximum absolute atomic E-state index is 12.3. The van der Waals surface area contributed by atoms with Gasteiger partial charge in [-0.05, 0) is 57.1 Å². The minimum atomic E-state index is -3.22. The van der Waals surface area contributed by atoms with Crippen molar-refractivity contribution in [3.05, 3.63) is 24.3 Å². The summed E-state index contributed by atoms with van der Waals surface area (Å²) < 4.78 is 24.7. The number of sulfone groups is 1. The smallest absolute Gasteiger partial charge is 0.179 e. The Morgan fingerprint density at radius 2 is 1.74 bits per heavy atom. The zero-order valence-corrected chi connectivity index (χ0v) is 12.2. The molecule has 0 aliphatic carbocycles. The summed E-state index contributed by atoms with van der Waals surface area (Å²) in [6.07, 6.45) is 3.60. The maximum atomic E-state index is 12.3. The van der Waals surface area contributed by atoms with Crippen molar-refractivity contribution in [3.8, 4) is 0 Å². The highest BCUT2D eigenvalue weighted by atomic mass is 32.2. The number of rotatable bonds is 4. The molecule has 1 aromatic carbocycles. The molecule has 19 heavy (non-hydrogen) atoms. The molecule has 0 amide bonds. The standard InChI is InChI=1S/C14H22N2O2S/c1-12(16-9-3-2-4-10-16)11-19(17,18)14-7-5-13(15)6-8-14/h5-8,12H,2-4,9-11,15H2,1H3. The molecule has 0 radical (unpaired) electrons. The fourth-order valence-corrected chi connectivity index (χ4v) is 4.14. The Bertz CT molecular complexity index is 505. The molecule has 0 aromatic heterocycles. The number of hydrogen-bond donors (Lipinski definition) is 1. The number of nitrogens with zero attached hydrogens (tertiary/aromatic N) is 1. The number of anilines is 1. The van der Waals surface area contributed by atoms with Gasteiger partial charge in [0.15, 0.2) is 9.84 Å². The van der Waals surface area contributed by atoms with E-state index in [1.165, 1.54) is 19.3 Å². The van der Waals surface area contributed by atoms with Crippen molar-refractivity contribution in [1.82, 2.24) is 4.90 Å². The van der Waals surface area contributed by atoms with E-state index in [2.05, 4.69) is 4.90 Å². The molecular formula is C14H22N2O2S. The summed E-state index contributed by atoms with van der Waals surface area (Å²) in [5.74, 6) is 0.177. The van der Waals surface area contributed by atoms with E-state index >= 15 is 0 Å². The van der Waals surface area contributed by atoms with E-state index in [-0.39, 0.29) is 11.8 Å². The lowest BCUT2D eigenvalue weighted by Gasteiger charge is -2.32. The summed E-state index contributed by atoms with van der Waals surface area (Å²) in [5.41, 5.74) is 6.17. The highest BCUT2D eigenvalue weighted by Crippen LogP contribution is 2.18. The van der Waals surface area contributed by atoms with Gasteiger partial charge in [-0.3, -0.25) is 4.90 Å². The van der Waals surface area contributed by atoms with Gasteiger partial charge in [-0.1, -0.05) is 6.42 Å². The van der Waals surface area contributed by atoms with E-state index < -0.39 is 9.84 Å². The topological polar surface area (TPSA) is 63.4 Å². The van der Waals surface area contributed by atoms with Crippen molar-refractivity contribution < 1.29 is 8.42 Å². The van der Waals surface area contributed by atoms with Gasteiger partial charge < -0.3 is 5.73 Å². The average molecular weight is 282 g/mol. The van der Waals surface area contributed by atoms with Crippen LogP contribution in [-0.2, 0) is 9.84 Å². The van der Waals surface area contributed by atoms with E-state index in [4.69, 9.17) is 5.73 Å². The van der Waals surface area contributed by atoms with Gasteiger partial charge in [0.2, 0.25) is 0 Å². The average Bonchev–Trinajstić information content (AvgIpc) is 2.40. The minimum absolute atomic E-state index is 0.0721. The SMILES string of the molecule is CC(CS(=O)(=O)c1ccc(N)cc1)N1CCCCC1. The van der Waals surface area contributed by atoms with Crippen molar-refractivity contribution in [3.63, 3.8) is 0 Å². The molecule has 1 fully saturated rings. The number of benzene rings is 1. The first-order valence-electron chi connectivity index (χ1n) is 6.81. The lowest BCUT2D eigenvalue weighted by molar-refractivity contribution is 0.186. The molecule has 2 rings (SSSR count). The van der Waals surface area contributed by atoms with Crippen LogP contribution >= 0.6 is 0 Å². The number of hydrogen-bond acceptors (Lipinski definition) is 4. The highest BCUT2D eigenvalue weighted by Gasteiger charge is 2.23. The molecule has 1 atom stereocenters. The second-order valence-electron chi connectivity index (χ2n) is 5.30. The molecule has 0 bridgehead atoms. The molecule has 106 valence electrons. The Morgan fingerprint density at radius 3 is 2.32 bits per heavy atom. The maximum Gasteiger partial charge on any atom is 0.179 e. The van der Waals surface area contributed by atoms with Gasteiger partial charge in [0.05, 0.1) is 10.6 Å². The van der Waals surface area contributed by atoms with Crippen LogP contribution < -0.4 is 5.73 Å². The van der Waals surface area contributed by atoms with Crippen molar-refractivity contribution in [2.24, 2.45) is 0 Å². The lowest BCUT2D eigenvalue weighted by Crippen LogP contribution is -2.41. The predicted molar refractivity (Wildman–Crippen MR) is 77.8 cm³/mol.